The van der Waals surface area contributed by atoms with Crippen molar-refractivity contribution in [2.75, 3.05) is 6.61 Å². The molecule has 2 aliphatic rings. The van der Waals surface area contributed by atoms with E-state index in [1.807, 2.05) is 0 Å². The fraction of sp³-hybridized carbons (Fsp3) is 0.588. The van der Waals surface area contributed by atoms with E-state index in [9.17, 15) is 4.79 Å². The van der Waals surface area contributed by atoms with Gasteiger partial charge in [0, 0.05) is 6.04 Å². The van der Waals surface area contributed by atoms with Gasteiger partial charge in [-0.1, -0.05) is 35.7 Å². The number of rotatable bonds is 5. The molecule has 2 saturated carbocycles. The Morgan fingerprint density at radius 1 is 1.32 bits per heavy atom. The van der Waals surface area contributed by atoms with Gasteiger partial charge in [0.15, 0.2) is 12.4 Å². The van der Waals surface area contributed by atoms with Gasteiger partial charge in [-0.05, 0) is 56.1 Å². The molecular weight excluding hydrogens is 321 g/mol. The Bertz CT molecular complexity index is 543. The summed E-state index contributed by atoms with van der Waals surface area (Å²) in [5.41, 5.74) is 0. The van der Waals surface area contributed by atoms with E-state index in [0.717, 1.165) is 11.8 Å². The van der Waals surface area contributed by atoms with Crippen LogP contribution in [0.25, 0.3) is 0 Å². The van der Waals surface area contributed by atoms with Crippen molar-refractivity contribution in [3.63, 3.8) is 0 Å². The number of para-hydroxylation sites is 1. The third kappa shape index (κ3) is 3.36. The van der Waals surface area contributed by atoms with Gasteiger partial charge in [-0.3, -0.25) is 4.79 Å². The van der Waals surface area contributed by atoms with Gasteiger partial charge in [-0.2, -0.15) is 0 Å². The molecule has 0 aromatic heterocycles. The molecule has 1 N–H and O–H groups in total. The van der Waals surface area contributed by atoms with Crippen molar-refractivity contribution in [2.24, 2.45) is 17.8 Å². The largest absolute Gasteiger partial charge is 0.481 e. The predicted octanol–water partition coefficient (Wildman–Crippen LogP) is 4.31. The molecular formula is C17H21Cl2NO2. The zero-order valence-electron chi connectivity index (χ0n) is 12.6. The highest BCUT2D eigenvalue weighted by molar-refractivity contribution is 6.37. The van der Waals surface area contributed by atoms with Gasteiger partial charge in [-0.15, -0.1) is 0 Å². The highest BCUT2D eigenvalue weighted by Gasteiger charge is 2.42. The lowest BCUT2D eigenvalue weighted by Gasteiger charge is -2.28. The molecule has 1 aromatic carbocycles. The van der Waals surface area contributed by atoms with Crippen LogP contribution >= 0.6 is 23.2 Å². The Morgan fingerprint density at radius 3 is 2.64 bits per heavy atom. The van der Waals surface area contributed by atoms with E-state index in [-0.39, 0.29) is 18.6 Å². The molecule has 2 aliphatic carbocycles. The molecule has 0 saturated heterocycles. The number of ether oxygens (including phenoxy) is 1. The maximum Gasteiger partial charge on any atom is 0.258 e. The molecule has 1 amide bonds. The molecule has 2 fully saturated rings. The van der Waals surface area contributed by atoms with Crippen molar-refractivity contribution < 1.29 is 9.53 Å². The molecule has 2 bridgehead atoms. The standard InChI is InChI=1S/C17H21Cl2NO2/c1-10(13-8-11-5-6-12(13)7-11)20-16(21)9-22-17-14(18)3-2-4-15(17)19/h2-4,10-13H,5-9H2,1H3,(H,20,21). The smallest absolute Gasteiger partial charge is 0.258 e. The van der Waals surface area contributed by atoms with Gasteiger partial charge in [0.1, 0.15) is 0 Å². The summed E-state index contributed by atoms with van der Waals surface area (Å²) in [5.74, 6) is 2.54. The first-order valence-corrected chi connectivity index (χ1v) is 8.66. The van der Waals surface area contributed by atoms with Crippen LogP contribution in [-0.2, 0) is 4.79 Å². The van der Waals surface area contributed by atoms with E-state index >= 15 is 0 Å². The molecule has 5 heteroatoms. The average Bonchev–Trinajstić information content (AvgIpc) is 3.09. The van der Waals surface area contributed by atoms with Crippen LogP contribution < -0.4 is 10.1 Å². The van der Waals surface area contributed by atoms with E-state index in [1.165, 1.54) is 25.7 Å². The van der Waals surface area contributed by atoms with Crippen LogP contribution in [-0.4, -0.2) is 18.6 Å². The molecule has 1 aromatic rings. The van der Waals surface area contributed by atoms with Gasteiger partial charge >= 0.3 is 0 Å². The molecule has 22 heavy (non-hydrogen) atoms. The molecule has 0 aliphatic heterocycles. The van der Waals surface area contributed by atoms with Crippen LogP contribution in [0.15, 0.2) is 18.2 Å². The number of halogens is 2. The number of carbonyl (C=O) groups excluding carboxylic acids is 1. The van der Waals surface area contributed by atoms with Crippen molar-refractivity contribution in [2.45, 2.75) is 38.6 Å². The Kier molecular flexibility index (Phi) is 4.84. The van der Waals surface area contributed by atoms with E-state index in [0.29, 0.717) is 21.7 Å². The molecule has 4 atom stereocenters. The summed E-state index contributed by atoms with van der Waals surface area (Å²) in [6.07, 6.45) is 5.29. The third-order valence-electron chi connectivity index (χ3n) is 5.09. The van der Waals surface area contributed by atoms with E-state index in [4.69, 9.17) is 27.9 Å². The summed E-state index contributed by atoms with van der Waals surface area (Å²) >= 11 is 12.0. The maximum atomic E-state index is 12.1. The van der Waals surface area contributed by atoms with Gasteiger partial charge < -0.3 is 10.1 Å². The molecule has 0 radical (unpaired) electrons. The second-order valence-electron chi connectivity index (χ2n) is 6.53. The maximum absolute atomic E-state index is 12.1. The molecule has 0 heterocycles. The lowest BCUT2D eigenvalue weighted by atomic mass is 9.84. The lowest BCUT2D eigenvalue weighted by Crippen LogP contribution is -2.42. The fourth-order valence-corrected chi connectivity index (χ4v) is 4.57. The number of benzene rings is 1. The first kappa shape index (κ1) is 15.9. The summed E-state index contributed by atoms with van der Waals surface area (Å²) in [6, 6.07) is 5.33. The fourth-order valence-electron chi connectivity index (χ4n) is 4.07. The number of carbonyl (C=O) groups is 1. The number of amides is 1. The minimum absolute atomic E-state index is 0.0609. The minimum atomic E-state index is -0.119. The zero-order chi connectivity index (χ0) is 15.7. The quantitative estimate of drug-likeness (QED) is 0.866. The van der Waals surface area contributed by atoms with Crippen molar-refractivity contribution in [1.82, 2.24) is 5.32 Å². The van der Waals surface area contributed by atoms with Crippen molar-refractivity contribution in [1.29, 1.82) is 0 Å². The number of nitrogens with one attached hydrogen (secondary N) is 1. The molecule has 120 valence electrons. The first-order valence-electron chi connectivity index (χ1n) is 7.90. The second-order valence-corrected chi connectivity index (χ2v) is 7.35. The highest BCUT2D eigenvalue weighted by Crippen LogP contribution is 2.49. The van der Waals surface area contributed by atoms with Gasteiger partial charge in [0.05, 0.1) is 10.0 Å². The van der Waals surface area contributed by atoms with Crippen LogP contribution in [0, 0.1) is 17.8 Å². The van der Waals surface area contributed by atoms with Crippen LogP contribution in [0.5, 0.6) is 5.75 Å². The predicted molar refractivity (Wildman–Crippen MR) is 88.5 cm³/mol. The number of hydrogen-bond acceptors (Lipinski definition) is 2. The normalized spacial score (nSPS) is 27.7. The lowest BCUT2D eigenvalue weighted by molar-refractivity contribution is -0.124. The molecule has 3 nitrogen and oxygen atoms in total. The first-order chi connectivity index (χ1) is 10.5. The Hall–Kier alpha value is -0.930. The molecule has 4 unspecified atom stereocenters. The van der Waals surface area contributed by atoms with E-state index in [2.05, 4.69) is 12.2 Å². The van der Waals surface area contributed by atoms with Crippen molar-refractivity contribution in [3.8, 4) is 5.75 Å². The Morgan fingerprint density at radius 2 is 2.05 bits per heavy atom. The van der Waals surface area contributed by atoms with Crippen LogP contribution in [0.1, 0.15) is 32.6 Å². The SMILES string of the molecule is CC(NC(=O)COc1c(Cl)cccc1Cl)C1CC2CCC1C2. The minimum Gasteiger partial charge on any atom is -0.481 e. The van der Waals surface area contributed by atoms with E-state index < -0.39 is 0 Å². The van der Waals surface area contributed by atoms with Gasteiger partial charge in [0.25, 0.3) is 5.91 Å². The summed E-state index contributed by atoms with van der Waals surface area (Å²) in [5, 5.41) is 3.90. The zero-order valence-corrected chi connectivity index (χ0v) is 14.2. The Balaban J connectivity index is 1.50. The average molecular weight is 342 g/mol. The van der Waals surface area contributed by atoms with Crippen LogP contribution in [0.4, 0.5) is 0 Å². The van der Waals surface area contributed by atoms with Crippen molar-refractivity contribution in [3.05, 3.63) is 28.2 Å². The van der Waals surface area contributed by atoms with E-state index in [1.54, 1.807) is 18.2 Å². The van der Waals surface area contributed by atoms with Crippen molar-refractivity contribution >= 4 is 29.1 Å². The molecule has 3 rings (SSSR count). The highest BCUT2D eigenvalue weighted by atomic mass is 35.5. The topological polar surface area (TPSA) is 38.3 Å². The van der Waals surface area contributed by atoms with Gasteiger partial charge in [0.2, 0.25) is 0 Å². The summed E-state index contributed by atoms with van der Waals surface area (Å²) < 4.78 is 5.48. The molecule has 0 spiro atoms. The third-order valence-corrected chi connectivity index (χ3v) is 5.69. The Labute approximate surface area is 141 Å². The summed E-state index contributed by atoms with van der Waals surface area (Å²) in [7, 11) is 0. The monoisotopic (exact) mass is 341 g/mol. The number of fused-ring (bicyclic) bond motifs is 2. The summed E-state index contributed by atoms with van der Waals surface area (Å²) in [4.78, 5) is 12.1. The van der Waals surface area contributed by atoms with Crippen LogP contribution in [0.2, 0.25) is 10.0 Å². The second kappa shape index (κ2) is 6.67. The van der Waals surface area contributed by atoms with Gasteiger partial charge in [-0.25, -0.2) is 0 Å². The number of hydrogen-bond donors (Lipinski definition) is 1. The summed E-state index contributed by atoms with van der Waals surface area (Å²) in [6.45, 7) is 2.04. The van der Waals surface area contributed by atoms with Crippen LogP contribution in [0.3, 0.4) is 0 Å².